The molecule has 0 saturated carbocycles. The number of hydrogen-bond acceptors (Lipinski definition) is 3. The minimum absolute atomic E-state index is 0.0204. The normalized spacial score (nSPS) is 12.3. The first-order valence-electron chi connectivity index (χ1n) is 6.15. The maximum Gasteiger partial charge on any atom is 0.387 e. The van der Waals surface area contributed by atoms with Crippen LogP contribution in [0.25, 0.3) is 0 Å². The van der Waals surface area contributed by atoms with Gasteiger partial charge in [0, 0.05) is 5.56 Å². The van der Waals surface area contributed by atoms with Crippen LogP contribution < -0.4 is 15.2 Å². The summed E-state index contributed by atoms with van der Waals surface area (Å²) >= 11 is 0. The Morgan fingerprint density at radius 2 is 1.71 bits per heavy atom. The lowest BCUT2D eigenvalue weighted by atomic mass is 9.99. The predicted molar refractivity (Wildman–Crippen MR) is 72.1 cm³/mol. The topological polar surface area (TPSA) is 44.5 Å². The summed E-state index contributed by atoms with van der Waals surface area (Å²) in [5.41, 5.74) is 6.84. The van der Waals surface area contributed by atoms with Gasteiger partial charge in [0.05, 0.1) is 13.2 Å². The lowest BCUT2D eigenvalue weighted by Gasteiger charge is -2.15. The highest BCUT2D eigenvalue weighted by Crippen LogP contribution is 2.28. The van der Waals surface area contributed by atoms with Crippen molar-refractivity contribution in [1.82, 2.24) is 0 Å². The molecule has 2 aromatic carbocycles. The molecule has 0 saturated heterocycles. The molecule has 0 heterocycles. The molecule has 6 heteroatoms. The third-order valence-electron chi connectivity index (χ3n) is 3.01. The van der Waals surface area contributed by atoms with Gasteiger partial charge in [0.2, 0.25) is 0 Å². The molecule has 0 aliphatic rings. The smallest absolute Gasteiger partial charge is 0.387 e. The summed E-state index contributed by atoms with van der Waals surface area (Å²) in [5, 5.41) is 0. The van der Waals surface area contributed by atoms with Gasteiger partial charge in [-0.05, 0) is 23.8 Å². The first-order chi connectivity index (χ1) is 10.0. The summed E-state index contributed by atoms with van der Waals surface area (Å²) in [5.74, 6) is -0.423. The zero-order valence-corrected chi connectivity index (χ0v) is 11.2. The molecule has 0 fully saturated rings. The van der Waals surface area contributed by atoms with Gasteiger partial charge >= 0.3 is 6.61 Å². The van der Waals surface area contributed by atoms with Crippen molar-refractivity contribution in [3.8, 4) is 11.5 Å². The largest absolute Gasteiger partial charge is 0.494 e. The van der Waals surface area contributed by atoms with Gasteiger partial charge in [-0.3, -0.25) is 0 Å². The van der Waals surface area contributed by atoms with E-state index in [2.05, 4.69) is 4.74 Å². The number of halogens is 3. The fourth-order valence-corrected chi connectivity index (χ4v) is 1.96. The highest BCUT2D eigenvalue weighted by atomic mass is 19.3. The fraction of sp³-hybridized carbons (Fsp3) is 0.200. The zero-order valence-electron chi connectivity index (χ0n) is 11.2. The molecule has 0 spiro atoms. The zero-order chi connectivity index (χ0) is 15.4. The van der Waals surface area contributed by atoms with E-state index in [1.807, 2.05) is 0 Å². The summed E-state index contributed by atoms with van der Waals surface area (Å²) < 4.78 is 47.4. The quantitative estimate of drug-likeness (QED) is 0.919. The van der Waals surface area contributed by atoms with Crippen LogP contribution in [0.1, 0.15) is 17.2 Å². The summed E-state index contributed by atoms with van der Waals surface area (Å²) in [6, 6.07) is 9.69. The lowest BCUT2D eigenvalue weighted by Crippen LogP contribution is -2.14. The highest BCUT2D eigenvalue weighted by molar-refractivity contribution is 5.39. The Kier molecular flexibility index (Phi) is 4.70. The van der Waals surface area contributed by atoms with Gasteiger partial charge in [0.1, 0.15) is 5.75 Å². The Morgan fingerprint density at radius 1 is 1.05 bits per heavy atom. The van der Waals surface area contributed by atoms with Crippen molar-refractivity contribution < 1.29 is 22.6 Å². The average molecular weight is 297 g/mol. The second-order valence-corrected chi connectivity index (χ2v) is 4.29. The highest BCUT2D eigenvalue weighted by Gasteiger charge is 2.17. The van der Waals surface area contributed by atoms with E-state index >= 15 is 0 Å². The minimum atomic E-state index is -2.89. The molecule has 112 valence electrons. The van der Waals surface area contributed by atoms with Crippen LogP contribution in [0.4, 0.5) is 13.2 Å². The molecule has 0 aliphatic carbocycles. The van der Waals surface area contributed by atoms with E-state index in [4.69, 9.17) is 10.5 Å². The first-order valence-corrected chi connectivity index (χ1v) is 6.15. The van der Waals surface area contributed by atoms with Crippen molar-refractivity contribution in [2.75, 3.05) is 7.11 Å². The molecule has 0 radical (unpaired) electrons. The predicted octanol–water partition coefficient (Wildman–Crippen LogP) is 3.48. The van der Waals surface area contributed by atoms with Crippen molar-refractivity contribution in [2.24, 2.45) is 5.73 Å². The Bertz CT molecular complexity index is 602. The van der Waals surface area contributed by atoms with Crippen molar-refractivity contribution >= 4 is 0 Å². The first kappa shape index (κ1) is 15.2. The standard InChI is InChI=1S/C15H14F3NO2/c1-20-12-4-2-3-11(13(12)16)14(19)9-5-7-10(8-6-9)21-15(17)18/h2-8,14-15H,19H2,1H3. The molecule has 2 N–H and O–H groups in total. The Labute approximate surface area is 120 Å². The molecule has 0 bridgehead atoms. The number of hydrogen-bond donors (Lipinski definition) is 1. The van der Waals surface area contributed by atoms with Gasteiger partial charge in [0.25, 0.3) is 0 Å². The Balaban J connectivity index is 2.26. The fourth-order valence-electron chi connectivity index (χ4n) is 1.96. The molecule has 1 atom stereocenters. The molecular weight excluding hydrogens is 283 g/mol. The monoisotopic (exact) mass is 297 g/mol. The number of benzene rings is 2. The Hall–Kier alpha value is -2.21. The lowest BCUT2D eigenvalue weighted by molar-refractivity contribution is -0.0498. The number of rotatable bonds is 5. The maximum atomic E-state index is 14.1. The van der Waals surface area contributed by atoms with Crippen molar-refractivity contribution in [3.05, 3.63) is 59.4 Å². The van der Waals surface area contributed by atoms with Gasteiger partial charge in [-0.25, -0.2) is 4.39 Å². The summed E-state index contributed by atoms with van der Waals surface area (Å²) in [6.45, 7) is -2.89. The van der Waals surface area contributed by atoms with Crippen molar-refractivity contribution in [1.29, 1.82) is 0 Å². The Morgan fingerprint density at radius 3 is 2.29 bits per heavy atom. The van der Waals surface area contributed by atoms with Crippen LogP contribution in [-0.2, 0) is 0 Å². The summed E-state index contributed by atoms with van der Waals surface area (Å²) in [6.07, 6.45) is 0. The maximum absolute atomic E-state index is 14.1. The van der Waals surface area contributed by atoms with Crippen LogP contribution in [0, 0.1) is 5.82 Å². The van der Waals surface area contributed by atoms with E-state index in [0.717, 1.165) is 0 Å². The van der Waals surface area contributed by atoms with E-state index in [9.17, 15) is 13.2 Å². The molecule has 2 aromatic rings. The second kappa shape index (κ2) is 6.49. The van der Waals surface area contributed by atoms with Crippen LogP contribution in [0.15, 0.2) is 42.5 Å². The molecule has 2 rings (SSSR count). The second-order valence-electron chi connectivity index (χ2n) is 4.29. The van der Waals surface area contributed by atoms with Gasteiger partial charge in [-0.15, -0.1) is 0 Å². The van der Waals surface area contributed by atoms with Crippen molar-refractivity contribution in [2.45, 2.75) is 12.7 Å². The SMILES string of the molecule is COc1cccc(C(N)c2ccc(OC(F)F)cc2)c1F. The van der Waals surface area contributed by atoms with E-state index in [0.29, 0.717) is 5.56 Å². The number of nitrogens with two attached hydrogens (primary N) is 1. The summed E-state index contributed by atoms with van der Waals surface area (Å²) in [4.78, 5) is 0. The summed E-state index contributed by atoms with van der Waals surface area (Å²) in [7, 11) is 1.37. The molecule has 0 aliphatic heterocycles. The van der Waals surface area contributed by atoms with Crippen LogP contribution >= 0.6 is 0 Å². The molecule has 1 unspecified atom stereocenters. The average Bonchev–Trinajstić information content (AvgIpc) is 2.47. The van der Waals surface area contributed by atoms with Gasteiger partial charge in [-0.2, -0.15) is 8.78 Å². The van der Waals surface area contributed by atoms with Crippen LogP contribution in [0.3, 0.4) is 0 Å². The van der Waals surface area contributed by atoms with Gasteiger partial charge in [0.15, 0.2) is 11.6 Å². The molecule has 3 nitrogen and oxygen atoms in total. The van der Waals surface area contributed by atoms with Crippen LogP contribution in [0.5, 0.6) is 11.5 Å². The molecular formula is C15H14F3NO2. The van der Waals surface area contributed by atoms with Gasteiger partial charge in [-0.1, -0.05) is 24.3 Å². The van der Waals surface area contributed by atoms with E-state index in [1.165, 1.54) is 37.4 Å². The molecule has 0 aromatic heterocycles. The van der Waals surface area contributed by atoms with E-state index in [-0.39, 0.29) is 17.1 Å². The number of ether oxygens (including phenoxy) is 2. The number of methoxy groups -OCH3 is 1. The molecule has 0 amide bonds. The third-order valence-corrected chi connectivity index (χ3v) is 3.01. The minimum Gasteiger partial charge on any atom is -0.494 e. The van der Waals surface area contributed by atoms with Gasteiger partial charge < -0.3 is 15.2 Å². The van der Waals surface area contributed by atoms with E-state index < -0.39 is 18.5 Å². The van der Waals surface area contributed by atoms with Crippen molar-refractivity contribution in [3.63, 3.8) is 0 Å². The van der Waals surface area contributed by atoms with Crippen LogP contribution in [-0.4, -0.2) is 13.7 Å². The third kappa shape index (κ3) is 3.46. The molecule has 21 heavy (non-hydrogen) atoms. The van der Waals surface area contributed by atoms with E-state index in [1.54, 1.807) is 12.1 Å². The van der Waals surface area contributed by atoms with Crippen LogP contribution in [0.2, 0.25) is 0 Å². The number of alkyl halides is 2.